The van der Waals surface area contributed by atoms with E-state index >= 15 is 0 Å². The Bertz CT molecular complexity index is 657. The van der Waals surface area contributed by atoms with Gasteiger partial charge in [-0.3, -0.25) is 14.4 Å². The quantitative estimate of drug-likeness (QED) is 0.551. The minimum atomic E-state index is -0.588. The molecule has 3 aliphatic heterocycles. The first kappa shape index (κ1) is 21.4. The summed E-state index contributed by atoms with van der Waals surface area (Å²) < 4.78 is -0.883. The van der Waals surface area contributed by atoms with Crippen molar-refractivity contribution in [1.29, 1.82) is 0 Å². The van der Waals surface area contributed by atoms with Gasteiger partial charge in [-0.05, 0) is 46.5 Å². The summed E-state index contributed by atoms with van der Waals surface area (Å²) in [5.41, 5.74) is 0. The molecule has 0 radical (unpaired) electrons. The minimum absolute atomic E-state index is 0.0272. The molecule has 3 aliphatic rings. The fourth-order valence-corrected chi connectivity index (χ4v) is 7.69. The SMILES string of the molecule is CCCNC(=O)[C@H]1[C@H]2C(=O)N(CCCO)C(C(=O)NC(C)C)C23CC[C@]1(C)S3. The first-order valence-electron chi connectivity index (χ1n) is 10.4. The molecule has 7 nitrogen and oxygen atoms in total. The van der Waals surface area contributed by atoms with Crippen LogP contribution < -0.4 is 10.6 Å². The second-order valence-corrected chi connectivity index (χ2v) is 10.7. The predicted molar refractivity (Wildman–Crippen MR) is 109 cm³/mol. The number of hydrogen-bond acceptors (Lipinski definition) is 5. The van der Waals surface area contributed by atoms with Crippen LogP contribution in [0.4, 0.5) is 0 Å². The van der Waals surface area contributed by atoms with Gasteiger partial charge in [-0.2, -0.15) is 0 Å². The highest BCUT2D eigenvalue weighted by Gasteiger charge is 2.76. The second kappa shape index (κ2) is 7.86. The lowest BCUT2D eigenvalue weighted by Gasteiger charge is -2.35. The van der Waals surface area contributed by atoms with Gasteiger partial charge < -0.3 is 20.6 Å². The molecule has 1 spiro atoms. The Morgan fingerprint density at radius 1 is 1.32 bits per heavy atom. The van der Waals surface area contributed by atoms with Crippen LogP contribution in [0, 0.1) is 11.8 Å². The van der Waals surface area contributed by atoms with Crippen LogP contribution in [0.2, 0.25) is 0 Å². The number of nitrogens with zero attached hydrogens (tertiary/aromatic N) is 1. The summed E-state index contributed by atoms with van der Waals surface area (Å²) in [5, 5.41) is 15.3. The molecule has 3 saturated heterocycles. The summed E-state index contributed by atoms with van der Waals surface area (Å²) in [6, 6.07) is -0.615. The summed E-state index contributed by atoms with van der Waals surface area (Å²) in [5.74, 6) is -1.21. The van der Waals surface area contributed by atoms with E-state index in [1.807, 2.05) is 20.8 Å². The summed E-state index contributed by atoms with van der Waals surface area (Å²) in [6.45, 7) is 8.78. The van der Waals surface area contributed by atoms with Gasteiger partial charge in [0, 0.05) is 30.5 Å². The van der Waals surface area contributed by atoms with Crippen LogP contribution in [-0.2, 0) is 14.4 Å². The van der Waals surface area contributed by atoms with E-state index in [1.54, 1.807) is 16.7 Å². The number of carbonyl (C=O) groups excluding carboxylic acids is 3. The first-order valence-corrected chi connectivity index (χ1v) is 11.2. The molecule has 3 heterocycles. The highest BCUT2D eigenvalue weighted by atomic mass is 32.2. The van der Waals surface area contributed by atoms with Gasteiger partial charge in [-0.25, -0.2) is 0 Å². The van der Waals surface area contributed by atoms with Gasteiger partial charge in [0.05, 0.1) is 16.6 Å². The zero-order valence-corrected chi connectivity index (χ0v) is 18.1. The van der Waals surface area contributed by atoms with Crippen LogP contribution in [0.5, 0.6) is 0 Å². The van der Waals surface area contributed by atoms with Crippen molar-refractivity contribution < 1.29 is 19.5 Å². The Kier molecular flexibility index (Phi) is 6.01. The largest absolute Gasteiger partial charge is 0.396 e. The van der Waals surface area contributed by atoms with E-state index in [2.05, 4.69) is 17.6 Å². The second-order valence-electron chi connectivity index (χ2n) is 8.79. The van der Waals surface area contributed by atoms with Crippen molar-refractivity contribution in [2.75, 3.05) is 19.7 Å². The lowest BCUT2D eigenvalue weighted by Crippen LogP contribution is -2.55. The lowest BCUT2D eigenvalue weighted by molar-refractivity contribution is -0.140. The molecule has 2 unspecified atom stereocenters. The number of hydrogen-bond donors (Lipinski definition) is 3. The molecule has 5 atom stereocenters. The molecular formula is C20H33N3O4S. The van der Waals surface area contributed by atoms with E-state index in [1.165, 1.54) is 0 Å². The van der Waals surface area contributed by atoms with Crippen LogP contribution in [0.3, 0.4) is 0 Å². The molecule has 0 aromatic rings. The Balaban J connectivity index is 1.99. The van der Waals surface area contributed by atoms with E-state index in [0.29, 0.717) is 19.5 Å². The third kappa shape index (κ3) is 3.22. The number of aliphatic hydroxyl groups is 1. The highest BCUT2D eigenvalue weighted by molar-refractivity contribution is 8.02. The fourth-order valence-electron chi connectivity index (χ4n) is 5.33. The molecule has 0 aliphatic carbocycles. The van der Waals surface area contributed by atoms with Crippen molar-refractivity contribution in [3.05, 3.63) is 0 Å². The van der Waals surface area contributed by atoms with Crippen LogP contribution >= 0.6 is 11.8 Å². The topological polar surface area (TPSA) is 98.7 Å². The van der Waals surface area contributed by atoms with E-state index in [0.717, 1.165) is 19.3 Å². The normalized spacial score (nSPS) is 36.1. The Hall–Kier alpha value is -1.28. The van der Waals surface area contributed by atoms with E-state index in [4.69, 9.17) is 0 Å². The molecule has 3 fully saturated rings. The van der Waals surface area contributed by atoms with Crippen molar-refractivity contribution in [2.45, 2.75) is 75.0 Å². The summed E-state index contributed by atoms with van der Waals surface area (Å²) >= 11 is 1.68. The molecule has 28 heavy (non-hydrogen) atoms. The van der Waals surface area contributed by atoms with Crippen LogP contribution in [0.1, 0.15) is 53.4 Å². The van der Waals surface area contributed by atoms with Gasteiger partial charge in [0.25, 0.3) is 0 Å². The van der Waals surface area contributed by atoms with Gasteiger partial charge in [0.2, 0.25) is 17.7 Å². The van der Waals surface area contributed by atoms with E-state index < -0.39 is 22.6 Å². The number of aliphatic hydroxyl groups excluding tert-OH is 1. The fraction of sp³-hybridized carbons (Fsp3) is 0.850. The molecule has 0 aromatic heterocycles. The molecule has 3 amide bonds. The number of nitrogens with one attached hydrogen (secondary N) is 2. The number of amides is 3. The van der Waals surface area contributed by atoms with Gasteiger partial charge in [0.1, 0.15) is 6.04 Å². The first-order chi connectivity index (χ1) is 13.2. The summed E-state index contributed by atoms with van der Waals surface area (Å²) in [7, 11) is 0. The zero-order chi connectivity index (χ0) is 20.7. The average molecular weight is 412 g/mol. The van der Waals surface area contributed by atoms with Crippen molar-refractivity contribution in [3.8, 4) is 0 Å². The summed E-state index contributed by atoms with van der Waals surface area (Å²) in [6.07, 6.45) is 2.85. The molecule has 8 heteroatoms. The molecule has 0 aromatic carbocycles. The van der Waals surface area contributed by atoms with Crippen LogP contribution in [0.15, 0.2) is 0 Å². The lowest BCUT2D eigenvalue weighted by atomic mass is 9.66. The smallest absolute Gasteiger partial charge is 0.244 e. The van der Waals surface area contributed by atoms with E-state index in [9.17, 15) is 19.5 Å². The maximum Gasteiger partial charge on any atom is 0.244 e. The van der Waals surface area contributed by atoms with Gasteiger partial charge >= 0.3 is 0 Å². The Morgan fingerprint density at radius 2 is 2.04 bits per heavy atom. The van der Waals surface area contributed by atoms with Gasteiger partial charge in [0.15, 0.2) is 0 Å². The van der Waals surface area contributed by atoms with Gasteiger partial charge in [-0.1, -0.05) is 6.92 Å². The van der Waals surface area contributed by atoms with Crippen molar-refractivity contribution in [1.82, 2.24) is 15.5 Å². The third-order valence-electron chi connectivity index (χ3n) is 6.34. The van der Waals surface area contributed by atoms with Crippen molar-refractivity contribution in [3.63, 3.8) is 0 Å². The number of rotatable bonds is 8. The standard InChI is InChI=1S/C20H33N3O4S/c1-5-9-21-16(25)13-14-18(27)23(10-6-11-24)15(17(26)22-12(2)3)20(14)8-7-19(13,4)28-20/h12-15,24H,5-11H2,1-4H3,(H,21,25)(H,22,26)/t13-,14+,15?,19+,20?/m1/s1. The molecule has 0 saturated carbocycles. The number of carbonyl (C=O) groups is 3. The Labute approximate surface area is 171 Å². The number of likely N-dealkylation sites (tertiary alicyclic amines) is 1. The zero-order valence-electron chi connectivity index (χ0n) is 17.3. The monoisotopic (exact) mass is 411 g/mol. The third-order valence-corrected chi connectivity index (χ3v) is 8.33. The number of thioether (sulfide) groups is 1. The predicted octanol–water partition coefficient (Wildman–Crippen LogP) is 0.901. The maximum atomic E-state index is 13.5. The van der Waals surface area contributed by atoms with E-state index in [-0.39, 0.29) is 35.1 Å². The maximum absolute atomic E-state index is 13.5. The summed E-state index contributed by atoms with van der Waals surface area (Å²) in [4.78, 5) is 41.3. The molecule has 3 rings (SSSR count). The highest BCUT2D eigenvalue weighted by Crippen LogP contribution is 2.71. The van der Waals surface area contributed by atoms with Gasteiger partial charge in [-0.15, -0.1) is 11.8 Å². The molecule has 158 valence electrons. The van der Waals surface area contributed by atoms with Crippen molar-refractivity contribution >= 4 is 29.5 Å². The van der Waals surface area contributed by atoms with Crippen LogP contribution in [-0.4, -0.2) is 69.0 Å². The number of fused-ring (bicyclic) bond motifs is 1. The Morgan fingerprint density at radius 3 is 2.64 bits per heavy atom. The van der Waals surface area contributed by atoms with Crippen molar-refractivity contribution in [2.24, 2.45) is 11.8 Å². The molecule has 2 bridgehead atoms. The molecule has 3 N–H and O–H groups in total. The molecular weight excluding hydrogens is 378 g/mol. The minimum Gasteiger partial charge on any atom is -0.396 e. The average Bonchev–Trinajstić information content (AvgIpc) is 3.18. The van der Waals surface area contributed by atoms with Crippen LogP contribution in [0.25, 0.3) is 0 Å².